The summed E-state index contributed by atoms with van der Waals surface area (Å²) in [5.41, 5.74) is 2.81. The first kappa shape index (κ1) is 10.2. The molecule has 2 aromatic rings. The number of allylic oxidation sites excluding steroid dienone is 2. The number of hydrogen-bond donors (Lipinski definition) is 1. The Morgan fingerprint density at radius 2 is 2.11 bits per heavy atom. The molecule has 2 aliphatic rings. The van der Waals surface area contributed by atoms with Gasteiger partial charge < -0.3 is 9.88 Å². The topological polar surface area (TPSA) is 19.0 Å². The van der Waals surface area contributed by atoms with Crippen LogP contribution >= 0.6 is 0 Å². The summed E-state index contributed by atoms with van der Waals surface area (Å²) in [6.07, 6.45) is 7.77. The van der Waals surface area contributed by atoms with Crippen LogP contribution in [0, 0.1) is 5.92 Å². The lowest BCUT2D eigenvalue weighted by atomic mass is 9.93. The van der Waals surface area contributed by atoms with Crippen LogP contribution in [-0.4, -0.2) is 11.5 Å². The van der Waals surface area contributed by atoms with Gasteiger partial charge in [0.25, 0.3) is 0 Å². The monoisotopic (exact) mass is 238 g/mol. The van der Waals surface area contributed by atoms with Crippen LogP contribution in [0.3, 0.4) is 0 Å². The Morgan fingerprint density at radius 1 is 1.17 bits per heavy atom. The zero-order chi connectivity index (χ0) is 11.9. The first-order valence-corrected chi connectivity index (χ1v) is 6.97. The van der Waals surface area contributed by atoms with E-state index in [1.54, 1.807) is 5.70 Å². The highest BCUT2D eigenvalue weighted by atomic mass is 15.2. The maximum absolute atomic E-state index is 3.56. The molecule has 18 heavy (non-hydrogen) atoms. The highest BCUT2D eigenvalue weighted by molar-refractivity contribution is 5.84. The van der Waals surface area contributed by atoms with Gasteiger partial charge in [-0.25, -0.2) is 0 Å². The molecule has 0 amide bonds. The summed E-state index contributed by atoms with van der Waals surface area (Å²) in [6, 6.07) is 10.8. The average Bonchev–Trinajstić information content (AvgIpc) is 3.02. The third kappa shape index (κ3) is 1.48. The molecule has 1 aromatic heterocycles. The maximum Gasteiger partial charge on any atom is 0.111 e. The minimum atomic E-state index is 0.810. The predicted octanol–water partition coefficient (Wildman–Crippen LogP) is 4.06. The molecule has 2 heterocycles. The standard InChI is InChI=1S/C16H18N2/c1-3-7-14-13(6-1)11-16(17-14)18-10-9-12-5-2-4-8-15(12)18/h1,3,6-8,11-12,17H,2,4-5,9-10H2. The summed E-state index contributed by atoms with van der Waals surface area (Å²) in [7, 11) is 0. The van der Waals surface area contributed by atoms with E-state index in [4.69, 9.17) is 0 Å². The van der Waals surface area contributed by atoms with Gasteiger partial charge >= 0.3 is 0 Å². The van der Waals surface area contributed by atoms with Crippen LogP contribution < -0.4 is 4.90 Å². The minimum Gasteiger partial charge on any atom is -0.341 e. The van der Waals surface area contributed by atoms with Crippen molar-refractivity contribution in [2.45, 2.75) is 25.7 Å². The molecule has 0 saturated carbocycles. The number of nitrogens with one attached hydrogen (secondary N) is 1. The number of nitrogens with zero attached hydrogens (tertiary/aromatic N) is 1. The van der Waals surface area contributed by atoms with E-state index in [9.17, 15) is 0 Å². The molecule has 0 bridgehead atoms. The van der Waals surface area contributed by atoms with Crippen molar-refractivity contribution >= 4 is 16.7 Å². The first-order valence-electron chi connectivity index (χ1n) is 6.97. The summed E-state index contributed by atoms with van der Waals surface area (Å²) in [4.78, 5) is 6.05. The summed E-state index contributed by atoms with van der Waals surface area (Å²) in [5, 5.41) is 1.31. The van der Waals surface area contributed by atoms with E-state index in [0.29, 0.717) is 0 Å². The van der Waals surface area contributed by atoms with Crippen LogP contribution in [0.4, 0.5) is 5.82 Å². The van der Waals surface area contributed by atoms with Gasteiger partial charge in [0.2, 0.25) is 0 Å². The Morgan fingerprint density at radius 3 is 3.06 bits per heavy atom. The summed E-state index contributed by atoms with van der Waals surface area (Å²) in [6.45, 7) is 1.17. The van der Waals surface area contributed by atoms with E-state index in [2.05, 4.69) is 46.3 Å². The predicted molar refractivity (Wildman–Crippen MR) is 75.7 cm³/mol. The highest BCUT2D eigenvalue weighted by Gasteiger charge is 2.30. The lowest BCUT2D eigenvalue weighted by molar-refractivity contribution is 0.532. The van der Waals surface area contributed by atoms with Gasteiger partial charge in [-0.15, -0.1) is 0 Å². The van der Waals surface area contributed by atoms with Gasteiger partial charge in [0.05, 0.1) is 0 Å². The summed E-state index contributed by atoms with van der Waals surface area (Å²) in [5.74, 6) is 2.08. The fraction of sp³-hybridized carbons (Fsp3) is 0.375. The first-order chi connectivity index (χ1) is 8.92. The van der Waals surface area contributed by atoms with Gasteiger partial charge in [0.1, 0.15) is 5.82 Å². The van der Waals surface area contributed by atoms with Crippen molar-refractivity contribution in [3.63, 3.8) is 0 Å². The number of rotatable bonds is 1. The van der Waals surface area contributed by atoms with Crippen LogP contribution in [0.25, 0.3) is 10.9 Å². The SMILES string of the molecule is C1=C2C(CCC1)CCN2c1cc2ccccc2[nH]1. The summed E-state index contributed by atoms with van der Waals surface area (Å²) >= 11 is 0. The van der Waals surface area contributed by atoms with Gasteiger partial charge in [0, 0.05) is 29.1 Å². The highest BCUT2D eigenvalue weighted by Crippen LogP contribution is 2.39. The third-order valence-electron chi connectivity index (χ3n) is 4.35. The van der Waals surface area contributed by atoms with E-state index in [1.807, 2.05) is 0 Å². The molecular weight excluding hydrogens is 220 g/mol. The number of benzene rings is 1. The Kier molecular flexibility index (Phi) is 2.22. The van der Waals surface area contributed by atoms with Crippen molar-refractivity contribution in [1.82, 2.24) is 4.98 Å². The minimum absolute atomic E-state index is 0.810. The van der Waals surface area contributed by atoms with Crippen LogP contribution in [-0.2, 0) is 0 Å². The van der Waals surface area contributed by atoms with Crippen LogP contribution in [0.1, 0.15) is 25.7 Å². The van der Waals surface area contributed by atoms with Crippen LogP contribution in [0.2, 0.25) is 0 Å². The lowest BCUT2D eigenvalue weighted by Gasteiger charge is -2.24. The van der Waals surface area contributed by atoms with Crippen molar-refractivity contribution in [2.75, 3.05) is 11.4 Å². The molecule has 1 aliphatic carbocycles. The van der Waals surface area contributed by atoms with E-state index >= 15 is 0 Å². The molecule has 1 aromatic carbocycles. The van der Waals surface area contributed by atoms with E-state index in [-0.39, 0.29) is 0 Å². The number of hydrogen-bond acceptors (Lipinski definition) is 1. The van der Waals surface area contributed by atoms with Gasteiger partial charge in [-0.3, -0.25) is 0 Å². The second-order valence-corrected chi connectivity index (χ2v) is 5.44. The molecule has 4 rings (SSSR count). The zero-order valence-electron chi connectivity index (χ0n) is 10.5. The lowest BCUT2D eigenvalue weighted by Crippen LogP contribution is -2.19. The molecule has 92 valence electrons. The molecule has 1 aliphatic heterocycles. The average molecular weight is 238 g/mol. The van der Waals surface area contributed by atoms with Gasteiger partial charge in [-0.2, -0.15) is 0 Å². The number of aromatic amines is 1. The number of H-pyrrole nitrogens is 1. The molecule has 1 saturated heterocycles. The molecule has 2 heteroatoms. The number of fused-ring (bicyclic) bond motifs is 2. The molecule has 2 nitrogen and oxygen atoms in total. The fourth-order valence-electron chi connectivity index (χ4n) is 3.43. The molecule has 0 radical (unpaired) electrons. The van der Waals surface area contributed by atoms with E-state index < -0.39 is 0 Å². The van der Waals surface area contributed by atoms with E-state index in [0.717, 1.165) is 5.92 Å². The third-order valence-corrected chi connectivity index (χ3v) is 4.35. The largest absolute Gasteiger partial charge is 0.341 e. The van der Waals surface area contributed by atoms with Crippen molar-refractivity contribution < 1.29 is 0 Å². The normalized spacial score (nSPS) is 23.2. The smallest absolute Gasteiger partial charge is 0.111 e. The van der Waals surface area contributed by atoms with E-state index in [1.165, 1.54) is 48.9 Å². The molecule has 1 unspecified atom stereocenters. The Bertz CT molecular complexity index is 575. The Labute approximate surface area is 107 Å². The number of para-hydroxylation sites is 1. The molecule has 1 fully saturated rings. The molecule has 0 spiro atoms. The zero-order valence-corrected chi connectivity index (χ0v) is 10.5. The van der Waals surface area contributed by atoms with Crippen LogP contribution in [0.5, 0.6) is 0 Å². The number of anilines is 1. The van der Waals surface area contributed by atoms with Gasteiger partial charge in [-0.1, -0.05) is 24.3 Å². The summed E-state index contributed by atoms with van der Waals surface area (Å²) < 4.78 is 0. The Hall–Kier alpha value is -1.70. The fourth-order valence-corrected chi connectivity index (χ4v) is 3.43. The second-order valence-electron chi connectivity index (χ2n) is 5.44. The molecule has 1 N–H and O–H groups in total. The van der Waals surface area contributed by atoms with Crippen molar-refractivity contribution in [3.05, 3.63) is 42.1 Å². The van der Waals surface area contributed by atoms with Gasteiger partial charge in [-0.05, 0) is 37.8 Å². The van der Waals surface area contributed by atoms with Crippen molar-refractivity contribution in [3.8, 4) is 0 Å². The molecular formula is C16H18N2. The van der Waals surface area contributed by atoms with Gasteiger partial charge in [0.15, 0.2) is 0 Å². The maximum atomic E-state index is 3.56. The van der Waals surface area contributed by atoms with Crippen LogP contribution in [0.15, 0.2) is 42.1 Å². The quantitative estimate of drug-likeness (QED) is 0.793. The van der Waals surface area contributed by atoms with Crippen molar-refractivity contribution in [2.24, 2.45) is 5.92 Å². The second kappa shape index (κ2) is 3.91. The van der Waals surface area contributed by atoms with Crippen molar-refractivity contribution in [1.29, 1.82) is 0 Å². The Balaban J connectivity index is 1.76. The molecule has 1 atom stereocenters. The number of aromatic nitrogens is 1.